The molecule has 3 heterocycles. The largest absolute Gasteiger partial charge is 0.489 e. The molecule has 5 rings (SSSR count). The number of thiazole rings is 1. The third kappa shape index (κ3) is 4.02. The molecular weight excluding hydrogens is 430 g/mol. The van der Waals surface area contributed by atoms with Crippen molar-refractivity contribution in [2.75, 3.05) is 12.1 Å². The zero-order valence-corrected chi connectivity index (χ0v) is 18.2. The number of carbonyl (C=O) groups excluding carboxylic acids is 1. The molecule has 162 valence electrons. The molecular formula is C23H19N3O5S. The molecule has 32 heavy (non-hydrogen) atoms. The van der Waals surface area contributed by atoms with Crippen molar-refractivity contribution in [2.45, 2.75) is 20.5 Å². The number of carbonyl (C=O) groups is 1. The molecule has 1 aliphatic rings. The Balaban J connectivity index is 1.22. The Morgan fingerprint density at radius 1 is 1.12 bits per heavy atom. The normalized spacial score (nSPS) is 12.1. The molecule has 9 heteroatoms. The van der Waals surface area contributed by atoms with Gasteiger partial charge in [0.05, 0.1) is 17.0 Å². The van der Waals surface area contributed by atoms with Crippen LogP contribution in [0.1, 0.15) is 27.4 Å². The van der Waals surface area contributed by atoms with Crippen molar-refractivity contribution in [1.82, 2.24) is 10.1 Å². The summed E-state index contributed by atoms with van der Waals surface area (Å²) in [5.41, 5.74) is 3.89. The number of benzene rings is 2. The van der Waals surface area contributed by atoms with Gasteiger partial charge in [0.25, 0.3) is 5.91 Å². The summed E-state index contributed by atoms with van der Waals surface area (Å²) in [4.78, 5) is 17.1. The first-order chi connectivity index (χ1) is 15.6. The highest BCUT2D eigenvalue weighted by atomic mass is 32.1. The summed E-state index contributed by atoms with van der Waals surface area (Å²) < 4.78 is 21.7. The molecule has 1 aliphatic heterocycles. The van der Waals surface area contributed by atoms with E-state index in [4.69, 9.17) is 18.7 Å². The second kappa shape index (κ2) is 8.35. The van der Waals surface area contributed by atoms with Gasteiger partial charge in [-0.05, 0) is 56.3 Å². The maximum absolute atomic E-state index is 12.6. The number of aromatic nitrogens is 2. The third-order valence-electron chi connectivity index (χ3n) is 5.07. The Kier molecular flexibility index (Phi) is 5.24. The summed E-state index contributed by atoms with van der Waals surface area (Å²) in [5.74, 6) is 2.56. The zero-order chi connectivity index (χ0) is 22.1. The second-order valence-electron chi connectivity index (χ2n) is 7.18. The molecule has 0 aliphatic carbocycles. The van der Waals surface area contributed by atoms with Crippen molar-refractivity contribution in [3.05, 3.63) is 70.4 Å². The number of rotatable bonds is 6. The Hall–Kier alpha value is -3.85. The molecule has 0 bridgehead atoms. The Morgan fingerprint density at radius 3 is 2.72 bits per heavy atom. The van der Waals surface area contributed by atoms with Crippen LogP contribution in [0.15, 0.2) is 52.4 Å². The van der Waals surface area contributed by atoms with Gasteiger partial charge in [-0.2, -0.15) is 0 Å². The summed E-state index contributed by atoms with van der Waals surface area (Å²) in [7, 11) is 0. The maximum Gasteiger partial charge on any atom is 0.257 e. The number of aryl methyl sites for hydroxylation is 2. The highest BCUT2D eigenvalue weighted by molar-refractivity contribution is 7.14. The van der Waals surface area contributed by atoms with Crippen LogP contribution in [-0.4, -0.2) is 22.8 Å². The van der Waals surface area contributed by atoms with Crippen molar-refractivity contribution in [3.8, 4) is 28.5 Å². The molecule has 0 fully saturated rings. The predicted molar refractivity (Wildman–Crippen MR) is 118 cm³/mol. The Morgan fingerprint density at radius 2 is 1.94 bits per heavy atom. The van der Waals surface area contributed by atoms with Gasteiger partial charge in [-0.25, -0.2) is 4.98 Å². The van der Waals surface area contributed by atoms with Crippen LogP contribution >= 0.6 is 11.3 Å². The summed E-state index contributed by atoms with van der Waals surface area (Å²) in [6.45, 7) is 4.30. The van der Waals surface area contributed by atoms with Crippen molar-refractivity contribution < 1.29 is 23.5 Å². The first-order valence-electron chi connectivity index (χ1n) is 9.88. The fourth-order valence-electron chi connectivity index (χ4n) is 3.25. The Bertz CT molecular complexity index is 1260. The standard InChI is InChI=1S/C23H19N3O5S/c1-13-18(14(2)31-26-13)10-28-17-6-3-15(4-7-17)22(27)25-23-24-19(11-32-23)16-5-8-20-21(9-16)30-12-29-20/h3-9,11H,10,12H2,1-2H3,(H,24,25,27). The molecule has 1 amide bonds. The van der Waals surface area contributed by atoms with Gasteiger partial charge in [0.2, 0.25) is 6.79 Å². The highest BCUT2D eigenvalue weighted by Crippen LogP contribution is 2.36. The fourth-order valence-corrected chi connectivity index (χ4v) is 3.97. The van der Waals surface area contributed by atoms with Crippen LogP contribution in [-0.2, 0) is 6.61 Å². The van der Waals surface area contributed by atoms with E-state index in [1.165, 1.54) is 11.3 Å². The molecule has 0 saturated heterocycles. The lowest BCUT2D eigenvalue weighted by Gasteiger charge is -2.07. The molecule has 2 aromatic carbocycles. The predicted octanol–water partition coefficient (Wildman–Crippen LogP) is 4.97. The molecule has 0 atom stereocenters. The summed E-state index contributed by atoms with van der Waals surface area (Å²) in [6, 6.07) is 12.6. The molecule has 2 aromatic heterocycles. The van der Waals surface area contributed by atoms with E-state index in [-0.39, 0.29) is 12.7 Å². The van der Waals surface area contributed by atoms with Gasteiger partial charge in [0.1, 0.15) is 18.1 Å². The van der Waals surface area contributed by atoms with Crippen LogP contribution in [0.3, 0.4) is 0 Å². The lowest BCUT2D eigenvalue weighted by atomic mass is 10.1. The first kappa shape index (κ1) is 20.1. The average molecular weight is 449 g/mol. The van der Waals surface area contributed by atoms with Crippen molar-refractivity contribution >= 4 is 22.4 Å². The number of fused-ring (bicyclic) bond motifs is 1. The number of ether oxygens (including phenoxy) is 3. The maximum atomic E-state index is 12.6. The number of hydrogen-bond donors (Lipinski definition) is 1. The molecule has 1 N–H and O–H groups in total. The molecule has 0 saturated carbocycles. The van der Waals surface area contributed by atoms with Crippen LogP contribution < -0.4 is 19.5 Å². The van der Waals surface area contributed by atoms with Gasteiger partial charge in [0, 0.05) is 16.5 Å². The van der Waals surface area contributed by atoms with Crippen molar-refractivity contribution in [2.24, 2.45) is 0 Å². The van der Waals surface area contributed by atoms with Crippen LogP contribution in [0.4, 0.5) is 5.13 Å². The average Bonchev–Trinajstić information content (AvgIpc) is 3.53. The monoisotopic (exact) mass is 449 g/mol. The van der Waals surface area contributed by atoms with E-state index < -0.39 is 0 Å². The van der Waals surface area contributed by atoms with Crippen LogP contribution in [0.5, 0.6) is 17.2 Å². The van der Waals surface area contributed by atoms with Crippen LogP contribution in [0.25, 0.3) is 11.3 Å². The SMILES string of the molecule is Cc1noc(C)c1COc1ccc(C(=O)Nc2nc(-c3ccc4c(c3)OCO4)cs2)cc1. The lowest BCUT2D eigenvalue weighted by Crippen LogP contribution is -2.11. The molecule has 0 spiro atoms. The van der Waals surface area contributed by atoms with E-state index in [2.05, 4.69) is 15.5 Å². The first-order valence-corrected chi connectivity index (χ1v) is 10.8. The van der Waals surface area contributed by atoms with Crippen molar-refractivity contribution in [3.63, 3.8) is 0 Å². The van der Waals surface area contributed by atoms with E-state index >= 15 is 0 Å². The van der Waals surface area contributed by atoms with Gasteiger partial charge in [-0.1, -0.05) is 5.16 Å². The topological polar surface area (TPSA) is 95.7 Å². The third-order valence-corrected chi connectivity index (χ3v) is 5.83. The molecule has 0 radical (unpaired) electrons. The van der Waals surface area contributed by atoms with E-state index in [9.17, 15) is 4.79 Å². The highest BCUT2D eigenvalue weighted by Gasteiger charge is 2.16. The summed E-state index contributed by atoms with van der Waals surface area (Å²) in [6.07, 6.45) is 0. The minimum absolute atomic E-state index is 0.223. The Labute approximate surface area is 187 Å². The molecule has 8 nitrogen and oxygen atoms in total. The van der Waals surface area contributed by atoms with Crippen LogP contribution in [0, 0.1) is 13.8 Å². The number of hydrogen-bond acceptors (Lipinski definition) is 8. The van der Waals surface area contributed by atoms with Gasteiger partial charge in [0.15, 0.2) is 16.6 Å². The number of amides is 1. The van der Waals surface area contributed by atoms with Crippen LogP contribution in [0.2, 0.25) is 0 Å². The van der Waals surface area contributed by atoms with Gasteiger partial charge in [-0.3, -0.25) is 10.1 Å². The van der Waals surface area contributed by atoms with Gasteiger partial charge in [-0.15, -0.1) is 11.3 Å². The number of nitrogens with one attached hydrogen (secondary N) is 1. The summed E-state index contributed by atoms with van der Waals surface area (Å²) >= 11 is 1.36. The second-order valence-corrected chi connectivity index (χ2v) is 8.03. The minimum Gasteiger partial charge on any atom is -0.489 e. The van der Waals surface area contributed by atoms with Gasteiger partial charge >= 0.3 is 0 Å². The molecule has 4 aromatic rings. The lowest BCUT2D eigenvalue weighted by molar-refractivity contribution is 0.102. The number of nitrogens with zero attached hydrogens (tertiary/aromatic N) is 2. The van der Waals surface area contributed by atoms with Gasteiger partial charge < -0.3 is 18.7 Å². The smallest absolute Gasteiger partial charge is 0.257 e. The quantitative estimate of drug-likeness (QED) is 0.444. The van der Waals surface area contributed by atoms with Crippen molar-refractivity contribution in [1.29, 1.82) is 0 Å². The minimum atomic E-state index is -0.242. The molecule has 0 unspecified atom stereocenters. The van der Waals surface area contributed by atoms with E-state index in [0.29, 0.717) is 28.8 Å². The van der Waals surface area contributed by atoms with E-state index in [1.54, 1.807) is 24.3 Å². The zero-order valence-electron chi connectivity index (χ0n) is 17.4. The fraction of sp³-hybridized carbons (Fsp3) is 0.174. The summed E-state index contributed by atoms with van der Waals surface area (Å²) in [5, 5.41) is 9.16. The van der Waals surface area contributed by atoms with E-state index in [0.717, 1.165) is 34.0 Å². The number of anilines is 1. The van der Waals surface area contributed by atoms with E-state index in [1.807, 2.05) is 37.4 Å².